The van der Waals surface area contributed by atoms with E-state index in [0.717, 1.165) is 12.0 Å². The standard InChI is InChI=1S/C10H14N2O2S/c1-8-2-3-10-7-12(15(11,13)14)5-4-9(10)6-8/h2-3,6H,4-5,7H2,1H3,(H2,11,13,14). The molecule has 0 aliphatic carbocycles. The molecule has 2 N–H and O–H groups in total. The summed E-state index contributed by atoms with van der Waals surface area (Å²) < 4.78 is 23.6. The van der Waals surface area contributed by atoms with Crippen LogP contribution in [0.4, 0.5) is 0 Å². The molecule has 82 valence electrons. The van der Waals surface area contributed by atoms with Crippen molar-refractivity contribution in [2.45, 2.75) is 19.9 Å². The molecule has 1 heterocycles. The number of nitrogens with zero attached hydrogens (tertiary/aromatic N) is 1. The van der Waals surface area contributed by atoms with Crippen molar-refractivity contribution in [2.24, 2.45) is 5.14 Å². The highest BCUT2D eigenvalue weighted by Crippen LogP contribution is 2.20. The second-order valence-electron chi connectivity index (χ2n) is 3.90. The molecular formula is C10H14N2O2S. The summed E-state index contributed by atoms with van der Waals surface area (Å²) in [4.78, 5) is 0. The van der Waals surface area contributed by atoms with Gasteiger partial charge in [-0.2, -0.15) is 12.7 Å². The first-order valence-electron chi connectivity index (χ1n) is 4.83. The van der Waals surface area contributed by atoms with Crippen molar-refractivity contribution >= 4 is 10.2 Å². The van der Waals surface area contributed by atoms with Crippen LogP contribution in [-0.2, 0) is 23.2 Å². The molecular weight excluding hydrogens is 212 g/mol. The van der Waals surface area contributed by atoms with E-state index in [1.807, 2.05) is 19.1 Å². The van der Waals surface area contributed by atoms with E-state index < -0.39 is 10.2 Å². The number of hydrogen-bond donors (Lipinski definition) is 1. The average molecular weight is 226 g/mol. The summed E-state index contributed by atoms with van der Waals surface area (Å²) in [6, 6.07) is 6.07. The molecule has 0 bridgehead atoms. The Bertz CT molecular complexity index is 482. The van der Waals surface area contributed by atoms with E-state index >= 15 is 0 Å². The van der Waals surface area contributed by atoms with Gasteiger partial charge in [-0.3, -0.25) is 0 Å². The molecule has 5 heteroatoms. The molecule has 1 aromatic rings. The van der Waals surface area contributed by atoms with Crippen molar-refractivity contribution in [3.63, 3.8) is 0 Å². The molecule has 0 amide bonds. The van der Waals surface area contributed by atoms with Crippen molar-refractivity contribution < 1.29 is 8.42 Å². The van der Waals surface area contributed by atoms with Gasteiger partial charge in [-0.05, 0) is 24.5 Å². The van der Waals surface area contributed by atoms with E-state index in [4.69, 9.17) is 5.14 Å². The van der Waals surface area contributed by atoms with Crippen molar-refractivity contribution in [3.05, 3.63) is 34.9 Å². The minimum Gasteiger partial charge on any atom is -0.216 e. The molecule has 0 radical (unpaired) electrons. The van der Waals surface area contributed by atoms with E-state index in [2.05, 4.69) is 6.07 Å². The van der Waals surface area contributed by atoms with E-state index in [-0.39, 0.29) is 0 Å². The number of fused-ring (bicyclic) bond motifs is 1. The Kier molecular flexibility index (Phi) is 2.54. The van der Waals surface area contributed by atoms with Gasteiger partial charge in [0.05, 0.1) is 0 Å². The maximum Gasteiger partial charge on any atom is 0.277 e. The van der Waals surface area contributed by atoms with Gasteiger partial charge in [0.15, 0.2) is 0 Å². The van der Waals surface area contributed by atoms with Gasteiger partial charge in [0.2, 0.25) is 0 Å². The molecule has 1 aliphatic rings. The number of nitrogens with two attached hydrogens (primary N) is 1. The largest absolute Gasteiger partial charge is 0.277 e. The first-order valence-corrected chi connectivity index (χ1v) is 6.33. The fourth-order valence-corrected chi connectivity index (χ4v) is 2.54. The van der Waals surface area contributed by atoms with Crippen LogP contribution in [0, 0.1) is 6.92 Å². The lowest BCUT2D eigenvalue weighted by Crippen LogP contribution is -2.40. The number of rotatable bonds is 1. The Morgan fingerprint density at radius 2 is 2.07 bits per heavy atom. The smallest absolute Gasteiger partial charge is 0.216 e. The van der Waals surface area contributed by atoms with Crippen LogP contribution in [-0.4, -0.2) is 19.3 Å². The Morgan fingerprint density at radius 1 is 1.33 bits per heavy atom. The summed E-state index contributed by atoms with van der Waals surface area (Å²) in [5, 5.41) is 5.10. The quantitative estimate of drug-likeness (QED) is 0.760. The summed E-state index contributed by atoms with van der Waals surface area (Å²) in [5.41, 5.74) is 3.49. The van der Waals surface area contributed by atoms with Gasteiger partial charge in [-0.25, -0.2) is 5.14 Å². The van der Waals surface area contributed by atoms with Crippen LogP contribution in [0.2, 0.25) is 0 Å². The van der Waals surface area contributed by atoms with Crippen molar-refractivity contribution in [3.8, 4) is 0 Å². The Morgan fingerprint density at radius 3 is 2.73 bits per heavy atom. The molecule has 0 spiro atoms. The molecule has 1 aliphatic heterocycles. The average Bonchev–Trinajstić information content (AvgIpc) is 2.15. The van der Waals surface area contributed by atoms with Gasteiger partial charge in [-0.1, -0.05) is 23.8 Å². The topological polar surface area (TPSA) is 63.4 Å². The van der Waals surface area contributed by atoms with Gasteiger partial charge in [0, 0.05) is 13.1 Å². The molecule has 15 heavy (non-hydrogen) atoms. The fraction of sp³-hybridized carbons (Fsp3) is 0.400. The maximum atomic E-state index is 11.2. The minimum atomic E-state index is -3.55. The summed E-state index contributed by atoms with van der Waals surface area (Å²) in [5.74, 6) is 0. The van der Waals surface area contributed by atoms with Gasteiger partial charge in [0.25, 0.3) is 10.2 Å². The minimum absolute atomic E-state index is 0.397. The molecule has 0 unspecified atom stereocenters. The zero-order valence-electron chi connectivity index (χ0n) is 8.60. The van der Waals surface area contributed by atoms with Crippen LogP contribution < -0.4 is 5.14 Å². The summed E-state index contributed by atoms with van der Waals surface area (Å²) in [6.45, 7) is 2.91. The number of aryl methyl sites for hydroxylation is 1. The lowest BCUT2D eigenvalue weighted by molar-refractivity contribution is 0.392. The van der Waals surface area contributed by atoms with Gasteiger partial charge >= 0.3 is 0 Å². The zero-order chi connectivity index (χ0) is 11.1. The van der Waals surface area contributed by atoms with Crippen LogP contribution >= 0.6 is 0 Å². The first-order chi connectivity index (χ1) is 6.97. The van der Waals surface area contributed by atoms with E-state index in [9.17, 15) is 8.42 Å². The van der Waals surface area contributed by atoms with Crippen molar-refractivity contribution in [1.82, 2.24) is 4.31 Å². The maximum absolute atomic E-state index is 11.2. The third kappa shape index (κ3) is 2.19. The van der Waals surface area contributed by atoms with Crippen LogP contribution in [0.5, 0.6) is 0 Å². The highest BCUT2D eigenvalue weighted by molar-refractivity contribution is 7.86. The third-order valence-corrected chi connectivity index (χ3v) is 3.73. The molecule has 1 aromatic carbocycles. The van der Waals surface area contributed by atoms with Crippen molar-refractivity contribution in [1.29, 1.82) is 0 Å². The third-order valence-electron chi connectivity index (χ3n) is 2.70. The summed E-state index contributed by atoms with van der Waals surface area (Å²) in [7, 11) is -3.55. The molecule has 0 aromatic heterocycles. The molecule has 0 fully saturated rings. The second-order valence-corrected chi connectivity index (χ2v) is 5.45. The highest BCUT2D eigenvalue weighted by atomic mass is 32.2. The van der Waals surface area contributed by atoms with Gasteiger partial charge in [0.1, 0.15) is 0 Å². The first kappa shape index (κ1) is 10.6. The van der Waals surface area contributed by atoms with Crippen LogP contribution in [0.15, 0.2) is 18.2 Å². The normalized spacial score (nSPS) is 17.5. The van der Waals surface area contributed by atoms with E-state index in [1.165, 1.54) is 15.4 Å². The SMILES string of the molecule is Cc1ccc2c(c1)CCN(S(N)(=O)=O)C2. The summed E-state index contributed by atoms with van der Waals surface area (Å²) >= 11 is 0. The lowest BCUT2D eigenvalue weighted by Gasteiger charge is -2.26. The Labute approximate surface area is 89.9 Å². The van der Waals surface area contributed by atoms with Crippen LogP contribution in [0.3, 0.4) is 0 Å². The predicted octanol–water partition coefficient (Wildman–Crippen LogP) is 0.557. The van der Waals surface area contributed by atoms with Crippen molar-refractivity contribution in [2.75, 3.05) is 6.54 Å². The van der Waals surface area contributed by atoms with E-state index in [0.29, 0.717) is 13.1 Å². The number of hydrogen-bond acceptors (Lipinski definition) is 2. The Balaban J connectivity index is 2.32. The molecule has 0 atom stereocenters. The van der Waals surface area contributed by atoms with Crippen LogP contribution in [0.25, 0.3) is 0 Å². The molecule has 0 saturated carbocycles. The Hall–Kier alpha value is -0.910. The predicted molar refractivity (Wildman–Crippen MR) is 58.4 cm³/mol. The van der Waals surface area contributed by atoms with Crippen LogP contribution in [0.1, 0.15) is 16.7 Å². The van der Waals surface area contributed by atoms with Gasteiger partial charge < -0.3 is 0 Å². The number of benzene rings is 1. The molecule has 0 saturated heterocycles. The molecule has 4 nitrogen and oxygen atoms in total. The lowest BCUT2D eigenvalue weighted by atomic mass is 9.99. The summed E-state index contributed by atoms with van der Waals surface area (Å²) in [6.07, 6.45) is 0.743. The zero-order valence-corrected chi connectivity index (χ0v) is 9.42. The molecule has 2 rings (SSSR count). The monoisotopic (exact) mass is 226 g/mol. The van der Waals surface area contributed by atoms with E-state index in [1.54, 1.807) is 0 Å². The highest BCUT2D eigenvalue weighted by Gasteiger charge is 2.23. The second kappa shape index (κ2) is 3.59. The fourth-order valence-electron chi connectivity index (χ4n) is 1.87. The van der Waals surface area contributed by atoms with Gasteiger partial charge in [-0.15, -0.1) is 0 Å².